The zero-order chi connectivity index (χ0) is 30.0. The van der Waals surface area contributed by atoms with E-state index < -0.39 is 24.5 Å². The van der Waals surface area contributed by atoms with Crippen LogP contribution in [-0.2, 0) is 10.2 Å². The van der Waals surface area contributed by atoms with Crippen molar-refractivity contribution in [2.45, 2.75) is 119 Å². The van der Waals surface area contributed by atoms with Crippen LogP contribution in [-0.4, -0.2) is 113 Å². The summed E-state index contributed by atoms with van der Waals surface area (Å²) >= 11 is 0. The van der Waals surface area contributed by atoms with Gasteiger partial charge < -0.3 is 36.2 Å². The van der Waals surface area contributed by atoms with Crippen molar-refractivity contribution in [3.05, 3.63) is 23.8 Å². The summed E-state index contributed by atoms with van der Waals surface area (Å²) in [6.45, 7) is 5.49. The second kappa shape index (κ2) is 11.1. The molecule has 4 fully saturated rings. The van der Waals surface area contributed by atoms with Gasteiger partial charge in [-0.2, -0.15) is 5.26 Å². The zero-order valence-corrected chi connectivity index (χ0v) is 25.4. The number of nitriles is 1. The first-order chi connectivity index (χ1) is 20.7. The number of fused-ring (bicyclic) bond motifs is 2. The number of ether oxygens (including phenoxy) is 1. The van der Waals surface area contributed by atoms with Crippen molar-refractivity contribution in [3.8, 4) is 6.07 Å². The van der Waals surface area contributed by atoms with E-state index in [2.05, 4.69) is 68.9 Å². The molecule has 2 aliphatic carbocycles. The van der Waals surface area contributed by atoms with Crippen LogP contribution in [0, 0.1) is 17.2 Å². The first kappa shape index (κ1) is 29.2. The molecule has 1 aromatic rings. The molecule has 0 aromatic heterocycles. The molecule has 8 atom stereocenters. The highest BCUT2D eigenvalue weighted by Crippen LogP contribution is 2.49. The van der Waals surface area contributed by atoms with E-state index in [9.17, 15) is 15.5 Å². The minimum Gasteiger partial charge on any atom is -0.387 e. The Morgan fingerprint density at radius 2 is 1.95 bits per heavy atom. The Morgan fingerprint density at radius 1 is 1.19 bits per heavy atom. The lowest BCUT2D eigenvalue weighted by atomic mass is 9.76. The van der Waals surface area contributed by atoms with Gasteiger partial charge in [0.25, 0.3) is 0 Å². The van der Waals surface area contributed by atoms with Crippen LogP contribution in [0.4, 0.5) is 11.4 Å². The Labute approximate surface area is 254 Å². The number of nitrogens with zero attached hydrogens (tertiary/aromatic N) is 5. The fourth-order valence-electron chi connectivity index (χ4n) is 7.97. The molecule has 4 aliphatic heterocycles. The summed E-state index contributed by atoms with van der Waals surface area (Å²) in [5, 5.41) is 42.4. The lowest BCUT2D eigenvalue weighted by Crippen LogP contribution is -2.60. The minimum absolute atomic E-state index is 0.0688. The SMILES string of the molecule is CC(C)N(C[C@H]1O[C@@H](N2CNC3C(N)N=CN(C)C32)[C@H](O)[C@@H]1O)[C@H]1C[C@@H](CCC2Nc3ccc(C4(C#N)CC4)cc3N2)C1. The van der Waals surface area contributed by atoms with Gasteiger partial charge in [-0.25, -0.2) is 4.90 Å². The highest BCUT2D eigenvalue weighted by atomic mass is 16.6. The van der Waals surface area contributed by atoms with E-state index in [1.165, 1.54) is 0 Å². The number of likely N-dealkylation sites (N-methyl/N-ethyl adjacent to an activating group) is 1. The molecule has 1 aromatic carbocycles. The molecule has 12 heteroatoms. The average molecular weight is 594 g/mol. The van der Waals surface area contributed by atoms with Gasteiger partial charge in [-0.05, 0) is 76.0 Å². The number of aliphatic imine (C=N–C) groups is 1. The van der Waals surface area contributed by atoms with Gasteiger partial charge in [0.05, 0.1) is 48.1 Å². The smallest absolute Gasteiger partial charge is 0.142 e. The van der Waals surface area contributed by atoms with Gasteiger partial charge >= 0.3 is 0 Å². The fraction of sp³-hybridized carbons (Fsp3) is 0.742. The standard InChI is InChI=1S/C31H47N9O3/c1-17(2)39(13-23-26(41)27(42)30(43-23)40-16-34-25-28(33)35-15-38(3)29(25)40)20-10-18(11-20)4-7-24-36-21-6-5-19(12-22(21)37-24)31(14-32)8-9-31/h5-6,12,15,17-18,20,23-30,34,36-37,41-42H,4,7-11,13,16,33H2,1-3H3/t18-,20+,23-,24?,25?,26-,27-,28?,29?,30-/m1/s1. The maximum atomic E-state index is 11.1. The molecule has 0 spiro atoms. The van der Waals surface area contributed by atoms with Crippen LogP contribution >= 0.6 is 0 Å². The Balaban J connectivity index is 0.903. The van der Waals surface area contributed by atoms with Gasteiger partial charge in [0.1, 0.15) is 36.9 Å². The molecule has 12 nitrogen and oxygen atoms in total. The molecule has 7 rings (SSSR count). The molecule has 0 amide bonds. The van der Waals surface area contributed by atoms with Crippen molar-refractivity contribution in [1.82, 2.24) is 20.0 Å². The molecule has 7 N–H and O–H groups in total. The van der Waals surface area contributed by atoms with Gasteiger partial charge in [-0.3, -0.25) is 15.2 Å². The van der Waals surface area contributed by atoms with E-state index in [1.54, 1.807) is 6.34 Å². The van der Waals surface area contributed by atoms with Crippen LogP contribution in [0.3, 0.4) is 0 Å². The van der Waals surface area contributed by atoms with E-state index in [1.807, 2.05) is 11.9 Å². The number of nitrogens with one attached hydrogen (secondary N) is 3. The lowest BCUT2D eigenvalue weighted by molar-refractivity contribution is -0.119. The molecule has 4 heterocycles. The third-order valence-electron chi connectivity index (χ3n) is 10.8. The van der Waals surface area contributed by atoms with Gasteiger partial charge in [-0.1, -0.05) is 6.07 Å². The number of hydrogen-bond acceptors (Lipinski definition) is 12. The molecule has 2 saturated carbocycles. The molecule has 6 aliphatic rings. The van der Waals surface area contributed by atoms with Crippen molar-refractivity contribution >= 4 is 17.7 Å². The van der Waals surface area contributed by atoms with Crippen LogP contribution in [0.1, 0.15) is 57.9 Å². The predicted molar refractivity (Wildman–Crippen MR) is 164 cm³/mol. The number of aliphatic hydroxyl groups is 2. The number of aliphatic hydroxyl groups excluding tert-OH is 2. The van der Waals surface area contributed by atoms with E-state index in [0.29, 0.717) is 31.2 Å². The second-order valence-electron chi connectivity index (χ2n) is 13.9. The number of anilines is 2. The van der Waals surface area contributed by atoms with Crippen LogP contribution in [0.5, 0.6) is 0 Å². The Bertz CT molecular complexity index is 1260. The van der Waals surface area contributed by atoms with Crippen LogP contribution in [0.15, 0.2) is 23.2 Å². The molecule has 234 valence electrons. The van der Waals surface area contributed by atoms with E-state index in [-0.39, 0.29) is 30.0 Å². The molecule has 2 saturated heterocycles. The summed E-state index contributed by atoms with van der Waals surface area (Å²) in [6, 6.07) is 9.56. The molecule has 0 radical (unpaired) electrons. The monoisotopic (exact) mass is 593 g/mol. The number of rotatable bonds is 9. The summed E-state index contributed by atoms with van der Waals surface area (Å²) in [7, 11) is 1.95. The number of benzene rings is 1. The summed E-state index contributed by atoms with van der Waals surface area (Å²) in [5.74, 6) is 0.663. The van der Waals surface area contributed by atoms with Crippen molar-refractivity contribution in [2.75, 3.05) is 30.9 Å². The lowest BCUT2D eigenvalue weighted by Gasteiger charge is -2.46. The van der Waals surface area contributed by atoms with Crippen LogP contribution in [0.25, 0.3) is 0 Å². The highest BCUT2D eigenvalue weighted by Gasteiger charge is 2.53. The summed E-state index contributed by atoms with van der Waals surface area (Å²) in [6.07, 6.45) is 4.81. The van der Waals surface area contributed by atoms with Crippen molar-refractivity contribution < 1.29 is 14.9 Å². The van der Waals surface area contributed by atoms with Gasteiger partial charge in [0.15, 0.2) is 0 Å². The Hall–Kier alpha value is -2.50. The number of nitrogens with two attached hydrogens (primary N) is 1. The highest BCUT2D eigenvalue weighted by molar-refractivity contribution is 5.76. The van der Waals surface area contributed by atoms with Crippen molar-refractivity contribution in [1.29, 1.82) is 5.26 Å². The first-order valence-corrected chi connectivity index (χ1v) is 16.0. The van der Waals surface area contributed by atoms with Gasteiger partial charge in [0, 0.05) is 25.7 Å². The third kappa shape index (κ3) is 5.19. The van der Waals surface area contributed by atoms with Crippen molar-refractivity contribution in [3.63, 3.8) is 0 Å². The minimum atomic E-state index is -1.00. The number of hydrogen-bond donors (Lipinski definition) is 6. The molecular formula is C31H47N9O3. The second-order valence-corrected chi connectivity index (χ2v) is 13.9. The quantitative estimate of drug-likeness (QED) is 0.242. The fourth-order valence-corrected chi connectivity index (χ4v) is 7.97. The first-order valence-electron chi connectivity index (χ1n) is 16.0. The Morgan fingerprint density at radius 3 is 2.67 bits per heavy atom. The maximum Gasteiger partial charge on any atom is 0.142 e. The maximum absolute atomic E-state index is 11.1. The third-order valence-corrected chi connectivity index (χ3v) is 10.8. The average Bonchev–Trinajstić information content (AvgIpc) is 3.32. The van der Waals surface area contributed by atoms with Crippen LogP contribution in [0.2, 0.25) is 0 Å². The predicted octanol–water partition coefficient (Wildman–Crippen LogP) is 0.937. The van der Waals surface area contributed by atoms with E-state index >= 15 is 0 Å². The normalized spacial score (nSPS) is 39.3. The van der Waals surface area contributed by atoms with E-state index in [4.69, 9.17) is 10.5 Å². The van der Waals surface area contributed by atoms with Gasteiger partial charge in [-0.15, -0.1) is 0 Å². The summed E-state index contributed by atoms with van der Waals surface area (Å²) < 4.78 is 6.41. The molecule has 43 heavy (non-hydrogen) atoms. The summed E-state index contributed by atoms with van der Waals surface area (Å²) in [5.41, 5.74) is 9.32. The summed E-state index contributed by atoms with van der Waals surface area (Å²) in [4.78, 5) is 10.8. The van der Waals surface area contributed by atoms with E-state index in [0.717, 1.165) is 55.5 Å². The van der Waals surface area contributed by atoms with Crippen molar-refractivity contribution in [2.24, 2.45) is 16.6 Å². The topological polar surface area (TPSA) is 158 Å². The Kier molecular flexibility index (Phi) is 7.57. The molecular weight excluding hydrogens is 546 g/mol. The van der Waals surface area contributed by atoms with Gasteiger partial charge in [0.2, 0.25) is 0 Å². The van der Waals surface area contributed by atoms with Crippen LogP contribution < -0.4 is 21.7 Å². The zero-order valence-electron chi connectivity index (χ0n) is 25.4. The molecule has 0 bridgehead atoms. The molecule has 4 unspecified atom stereocenters. The largest absolute Gasteiger partial charge is 0.387 e.